The molecule has 2 aromatic rings. The highest BCUT2D eigenvalue weighted by Gasteiger charge is 2.37. The average Bonchev–Trinajstić information content (AvgIpc) is 3.25. The third kappa shape index (κ3) is 4.92. The summed E-state index contributed by atoms with van der Waals surface area (Å²) < 4.78 is 2.21. The van der Waals surface area contributed by atoms with Gasteiger partial charge in [0.2, 0.25) is 5.91 Å². The summed E-state index contributed by atoms with van der Waals surface area (Å²) >= 11 is 0. The van der Waals surface area contributed by atoms with Crippen LogP contribution >= 0.6 is 0 Å². The molecule has 0 N–H and O–H groups in total. The number of hydrogen-bond acceptors (Lipinski definition) is 2. The summed E-state index contributed by atoms with van der Waals surface area (Å²) in [5, 5.41) is 0. The second-order valence-corrected chi connectivity index (χ2v) is 9.27. The molecule has 0 bridgehead atoms. The Labute approximate surface area is 176 Å². The average molecular weight is 396 g/mol. The van der Waals surface area contributed by atoms with Gasteiger partial charge in [-0.2, -0.15) is 0 Å². The quantitative estimate of drug-likeness (QED) is 0.693. The lowest BCUT2D eigenvalue weighted by Gasteiger charge is -2.33. The van der Waals surface area contributed by atoms with Crippen molar-refractivity contribution in [2.24, 2.45) is 18.9 Å². The van der Waals surface area contributed by atoms with Crippen molar-refractivity contribution in [2.75, 3.05) is 19.6 Å². The van der Waals surface area contributed by atoms with Crippen LogP contribution in [0.3, 0.4) is 0 Å². The van der Waals surface area contributed by atoms with Crippen molar-refractivity contribution in [1.29, 1.82) is 0 Å². The van der Waals surface area contributed by atoms with Crippen molar-refractivity contribution in [3.63, 3.8) is 0 Å². The minimum Gasteiger partial charge on any atom is -0.353 e. The second-order valence-electron chi connectivity index (χ2n) is 9.27. The van der Waals surface area contributed by atoms with Crippen LogP contribution in [-0.2, 0) is 18.4 Å². The highest BCUT2D eigenvalue weighted by atomic mass is 16.2. The molecule has 1 amide bonds. The molecule has 0 spiro atoms. The molecule has 4 heteroatoms. The molecule has 1 aliphatic rings. The molecular formula is C25H37N3O. The molecular weight excluding hydrogens is 358 g/mol. The van der Waals surface area contributed by atoms with Gasteiger partial charge in [-0.15, -0.1) is 0 Å². The normalized spacial score (nSPS) is 20.0. The lowest BCUT2D eigenvalue weighted by atomic mass is 9.86. The lowest BCUT2D eigenvalue weighted by Crippen LogP contribution is -2.43. The van der Waals surface area contributed by atoms with Crippen LogP contribution in [-0.4, -0.2) is 46.0 Å². The summed E-state index contributed by atoms with van der Waals surface area (Å²) in [6.07, 6.45) is 2.11. The number of nitrogens with zero attached hydrogens (tertiary/aromatic N) is 3. The zero-order valence-electron chi connectivity index (χ0n) is 18.9. The first-order valence-electron chi connectivity index (χ1n) is 11.0. The summed E-state index contributed by atoms with van der Waals surface area (Å²) in [4.78, 5) is 17.5. The lowest BCUT2D eigenvalue weighted by molar-refractivity contribution is -0.136. The zero-order chi connectivity index (χ0) is 21.1. The van der Waals surface area contributed by atoms with Crippen molar-refractivity contribution in [3.8, 4) is 0 Å². The first kappa shape index (κ1) is 21.6. The van der Waals surface area contributed by atoms with Crippen LogP contribution in [0.15, 0.2) is 42.6 Å². The SMILES string of the molecule is Cc1ccccc1C1CN(Cc2cccn2C)CC1CN(C(=O)C(C)C)C(C)C. The maximum atomic E-state index is 12.9. The van der Waals surface area contributed by atoms with E-state index in [0.29, 0.717) is 11.8 Å². The topological polar surface area (TPSA) is 28.5 Å². The monoisotopic (exact) mass is 395 g/mol. The van der Waals surface area contributed by atoms with Crippen LogP contribution in [0.25, 0.3) is 0 Å². The molecule has 0 saturated carbocycles. The summed E-state index contributed by atoms with van der Waals surface area (Å²) in [7, 11) is 2.11. The van der Waals surface area contributed by atoms with E-state index in [0.717, 1.165) is 26.2 Å². The maximum absolute atomic E-state index is 12.9. The fourth-order valence-corrected chi connectivity index (χ4v) is 4.66. The molecule has 1 aromatic carbocycles. The molecule has 1 aromatic heterocycles. The van der Waals surface area contributed by atoms with E-state index in [1.807, 2.05) is 13.8 Å². The molecule has 3 rings (SSSR count). The molecule has 29 heavy (non-hydrogen) atoms. The third-order valence-corrected chi connectivity index (χ3v) is 6.37. The van der Waals surface area contributed by atoms with E-state index in [2.05, 4.69) is 84.8 Å². The summed E-state index contributed by atoms with van der Waals surface area (Å²) in [6, 6.07) is 13.3. The largest absolute Gasteiger partial charge is 0.353 e. The van der Waals surface area contributed by atoms with E-state index in [1.54, 1.807) is 0 Å². The summed E-state index contributed by atoms with van der Waals surface area (Å²) in [6.45, 7) is 14.4. The summed E-state index contributed by atoms with van der Waals surface area (Å²) in [5.74, 6) is 1.21. The Hall–Kier alpha value is -2.07. The third-order valence-electron chi connectivity index (χ3n) is 6.37. The van der Waals surface area contributed by atoms with Gasteiger partial charge >= 0.3 is 0 Å². The molecule has 4 nitrogen and oxygen atoms in total. The predicted molar refractivity (Wildman–Crippen MR) is 120 cm³/mol. The highest BCUT2D eigenvalue weighted by Crippen LogP contribution is 2.36. The molecule has 0 aliphatic carbocycles. The van der Waals surface area contributed by atoms with Crippen LogP contribution in [0.1, 0.15) is 50.4 Å². The van der Waals surface area contributed by atoms with E-state index in [9.17, 15) is 4.79 Å². The Morgan fingerprint density at radius 2 is 1.83 bits per heavy atom. The maximum Gasteiger partial charge on any atom is 0.225 e. The standard InChI is InChI=1S/C25H37N3O/c1-18(2)25(29)28(19(3)4)15-21-14-27(16-22-11-9-13-26(22)6)17-24(21)23-12-8-7-10-20(23)5/h7-13,18-19,21,24H,14-17H2,1-6H3. The van der Waals surface area contributed by atoms with Crippen LogP contribution < -0.4 is 0 Å². The molecule has 2 unspecified atom stereocenters. The Morgan fingerprint density at radius 1 is 1.10 bits per heavy atom. The fourth-order valence-electron chi connectivity index (χ4n) is 4.66. The van der Waals surface area contributed by atoms with Gasteiger partial charge in [-0.25, -0.2) is 0 Å². The Bertz CT molecular complexity index is 823. The van der Waals surface area contributed by atoms with Gasteiger partial charge in [-0.05, 0) is 49.9 Å². The molecule has 1 saturated heterocycles. The van der Waals surface area contributed by atoms with Gasteiger partial charge in [0.15, 0.2) is 0 Å². The first-order valence-corrected chi connectivity index (χ1v) is 11.0. The van der Waals surface area contributed by atoms with Crippen LogP contribution in [0.4, 0.5) is 0 Å². The van der Waals surface area contributed by atoms with Crippen molar-refractivity contribution < 1.29 is 4.79 Å². The van der Waals surface area contributed by atoms with Gasteiger partial charge in [0.25, 0.3) is 0 Å². The van der Waals surface area contributed by atoms with Crippen molar-refractivity contribution in [1.82, 2.24) is 14.4 Å². The fraction of sp³-hybridized carbons (Fsp3) is 0.560. The van der Waals surface area contributed by atoms with Gasteiger partial charge < -0.3 is 9.47 Å². The van der Waals surface area contributed by atoms with E-state index in [1.165, 1.54) is 16.8 Å². The Morgan fingerprint density at radius 3 is 2.41 bits per heavy atom. The minimum absolute atomic E-state index is 0.0372. The van der Waals surface area contributed by atoms with Crippen LogP contribution in [0.5, 0.6) is 0 Å². The minimum atomic E-state index is 0.0372. The van der Waals surface area contributed by atoms with Gasteiger partial charge in [0.1, 0.15) is 0 Å². The number of aromatic nitrogens is 1. The van der Waals surface area contributed by atoms with Gasteiger partial charge in [0.05, 0.1) is 0 Å². The van der Waals surface area contributed by atoms with Crippen LogP contribution in [0.2, 0.25) is 0 Å². The molecule has 2 heterocycles. The smallest absolute Gasteiger partial charge is 0.225 e. The first-order chi connectivity index (χ1) is 13.8. The van der Waals surface area contributed by atoms with Gasteiger partial charge in [0, 0.05) is 63.0 Å². The van der Waals surface area contributed by atoms with Crippen molar-refractivity contribution in [3.05, 3.63) is 59.4 Å². The number of hydrogen-bond donors (Lipinski definition) is 0. The van der Waals surface area contributed by atoms with Crippen molar-refractivity contribution >= 4 is 5.91 Å². The Balaban J connectivity index is 1.85. The number of carbonyl (C=O) groups is 1. The number of carbonyl (C=O) groups excluding carboxylic acids is 1. The molecule has 158 valence electrons. The molecule has 1 aliphatic heterocycles. The number of aryl methyl sites for hydroxylation is 2. The van der Waals surface area contributed by atoms with E-state index < -0.39 is 0 Å². The zero-order valence-corrected chi connectivity index (χ0v) is 18.9. The molecule has 1 fully saturated rings. The number of amides is 1. The second kappa shape index (κ2) is 9.17. The van der Waals surface area contributed by atoms with E-state index in [4.69, 9.17) is 0 Å². The molecule has 0 radical (unpaired) electrons. The van der Waals surface area contributed by atoms with Crippen LogP contribution in [0, 0.1) is 18.8 Å². The highest BCUT2D eigenvalue weighted by molar-refractivity contribution is 5.78. The van der Waals surface area contributed by atoms with E-state index in [-0.39, 0.29) is 17.9 Å². The number of rotatable bonds is 7. The number of likely N-dealkylation sites (tertiary alicyclic amines) is 1. The van der Waals surface area contributed by atoms with Gasteiger partial charge in [-0.3, -0.25) is 9.69 Å². The van der Waals surface area contributed by atoms with Gasteiger partial charge in [-0.1, -0.05) is 38.1 Å². The summed E-state index contributed by atoms with van der Waals surface area (Å²) in [5.41, 5.74) is 4.13. The number of benzene rings is 1. The Kier molecular flexibility index (Phi) is 6.84. The van der Waals surface area contributed by atoms with E-state index >= 15 is 0 Å². The van der Waals surface area contributed by atoms with Crippen molar-refractivity contribution in [2.45, 2.75) is 53.1 Å². The predicted octanol–water partition coefficient (Wildman–Crippen LogP) is 4.44. The molecule has 2 atom stereocenters.